The Kier molecular flexibility index (Phi) is 5.44. The number of nitrogens with zero attached hydrogens (tertiary/aromatic N) is 2. The van der Waals surface area contributed by atoms with Crippen molar-refractivity contribution in [1.29, 1.82) is 0 Å². The highest BCUT2D eigenvalue weighted by Gasteiger charge is 2.20. The fourth-order valence-electron chi connectivity index (χ4n) is 1.73. The highest BCUT2D eigenvalue weighted by atomic mass is 32.1. The van der Waals surface area contributed by atoms with Gasteiger partial charge in [-0.2, -0.15) is 0 Å². The predicted octanol–water partition coefficient (Wildman–Crippen LogP) is 3.19. The molecule has 2 aromatic rings. The summed E-state index contributed by atoms with van der Waals surface area (Å²) >= 11 is 1.35. The number of aromatic nitrogens is 2. The van der Waals surface area contributed by atoms with Crippen molar-refractivity contribution < 1.29 is 9.59 Å². The highest BCUT2D eigenvalue weighted by molar-refractivity contribution is 7.15. The molecule has 0 spiro atoms. The van der Waals surface area contributed by atoms with Crippen molar-refractivity contribution >= 4 is 34.0 Å². The van der Waals surface area contributed by atoms with Gasteiger partial charge in [-0.1, -0.05) is 50.3 Å². The fraction of sp³-hybridized carbons (Fsp3) is 0.375. The lowest BCUT2D eigenvalue weighted by Crippen LogP contribution is -2.17. The largest absolute Gasteiger partial charge is 0.326 e. The molecule has 0 fully saturated rings. The number of para-hydroxylation sites is 1. The summed E-state index contributed by atoms with van der Waals surface area (Å²) in [7, 11) is 0. The van der Waals surface area contributed by atoms with E-state index in [0.717, 1.165) is 10.7 Å². The molecule has 0 aliphatic rings. The molecular formula is C16H20N4O2S. The van der Waals surface area contributed by atoms with Gasteiger partial charge in [-0.25, -0.2) is 0 Å². The average molecular weight is 332 g/mol. The maximum atomic E-state index is 11.9. The molecule has 2 N–H and O–H groups in total. The molecule has 6 nitrogen and oxygen atoms in total. The van der Waals surface area contributed by atoms with Crippen LogP contribution in [-0.2, 0) is 15.0 Å². The fourth-order valence-corrected chi connectivity index (χ4v) is 2.55. The van der Waals surface area contributed by atoms with Gasteiger partial charge in [0.05, 0.1) is 0 Å². The second-order valence-electron chi connectivity index (χ2n) is 6.12. The van der Waals surface area contributed by atoms with Crippen LogP contribution >= 0.6 is 11.3 Å². The zero-order valence-electron chi connectivity index (χ0n) is 13.4. The Morgan fingerprint density at radius 3 is 2.17 bits per heavy atom. The van der Waals surface area contributed by atoms with Crippen LogP contribution in [0.5, 0.6) is 0 Å². The van der Waals surface area contributed by atoms with Gasteiger partial charge < -0.3 is 10.6 Å². The summed E-state index contributed by atoms with van der Waals surface area (Å²) in [5.41, 5.74) is 0.618. The van der Waals surface area contributed by atoms with Crippen LogP contribution in [0.2, 0.25) is 0 Å². The van der Waals surface area contributed by atoms with E-state index in [2.05, 4.69) is 20.8 Å². The molecule has 0 bridgehead atoms. The molecule has 0 saturated carbocycles. The summed E-state index contributed by atoms with van der Waals surface area (Å²) in [4.78, 5) is 23.7. The zero-order chi connectivity index (χ0) is 16.9. The van der Waals surface area contributed by atoms with Gasteiger partial charge in [-0.3, -0.25) is 9.59 Å². The van der Waals surface area contributed by atoms with Crippen molar-refractivity contribution in [3.63, 3.8) is 0 Å². The molecule has 122 valence electrons. The van der Waals surface area contributed by atoms with Crippen LogP contribution in [0.1, 0.15) is 38.6 Å². The first kappa shape index (κ1) is 17.1. The third-order valence-electron chi connectivity index (χ3n) is 2.95. The van der Waals surface area contributed by atoms with Crippen LogP contribution in [0.4, 0.5) is 10.8 Å². The predicted molar refractivity (Wildman–Crippen MR) is 91.5 cm³/mol. The second-order valence-corrected chi connectivity index (χ2v) is 7.10. The van der Waals surface area contributed by atoms with Gasteiger partial charge >= 0.3 is 0 Å². The number of amides is 2. The number of hydrogen-bond donors (Lipinski definition) is 2. The molecule has 1 heterocycles. The number of benzene rings is 1. The maximum Gasteiger partial charge on any atom is 0.226 e. The number of hydrogen-bond acceptors (Lipinski definition) is 5. The molecule has 0 unspecified atom stereocenters. The summed E-state index contributed by atoms with van der Waals surface area (Å²) in [6.45, 7) is 6.10. The Morgan fingerprint density at radius 2 is 1.61 bits per heavy atom. The van der Waals surface area contributed by atoms with E-state index in [1.54, 1.807) is 12.1 Å². The first-order valence-corrected chi connectivity index (χ1v) is 8.15. The van der Waals surface area contributed by atoms with E-state index in [1.165, 1.54) is 11.3 Å². The molecule has 0 aliphatic carbocycles. The first-order valence-electron chi connectivity index (χ1n) is 7.33. The number of rotatable bonds is 5. The van der Waals surface area contributed by atoms with Gasteiger partial charge in [-0.15, -0.1) is 10.2 Å². The van der Waals surface area contributed by atoms with Crippen LogP contribution in [0.15, 0.2) is 30.3 Å². The quantitative estimate of drug-likeness (QED) is 0.880. The van der Waals surface area contributed by atoms with E-state index < -0.39 is 0 Å². The monoisotopic (exact) mass is 332 g/mol. The summed E-state index contributed by atoms with van der Waals surface area (Å²) in [5, 5.41) is 14.8. The summed E-state index contributed by atoms with van der Waals surface area (Å²) in [6, 6.07) is 9.15. The molecule has 1 aromatic carbocycles. The third kappa shape index (κ3) is 5.45. The Bertz CT molecular complexity index is 677. The number of nitrogens with one attached hydrogen (secondary N) is 2. The summed E-state index contributed by atoms with van der Waals surface area (Å²) in [6.07, 6.45) is 0.217. The van der Waals surface area contributed by atoms with Crippen LogP contribution in [0.3, 0.4) is 0 Å². The van der Waals surface area contributed by atoms with E-state index in [4.69, 9.17) is 0 Å². The molecule has 2 rings (SSSR count). The van der Waals surface area contributed by atoms with E-state index >= 15 is 0 Å². The zero-order valence-corrected chi connectivity index (χ0v) is 14.2. The molecule has 23 heavy (non-hydrogen) atoms. The SMILES string of the molecule is CC(C)(C)c1nnc(NC(=O)CCC(=O)Nc2ccccc2)s1. The first-order chi connectivity index (χ1) is 10.8. The van der Waals surface area contributed by atoms with Gasteiger partial charge in [0, 0.05) is 23.9 Å². The topological polar surface area (TPSA) is 84.0 Å². The number of anilines is 2. The van der Waals surface area contributed by atoms with E-state index in [0.29, 0.717) is 5.13 Å². The molecule has 0 atom stereocenters. The van der Waals surface area contributed by atoms with Crippen LogP contribution in [0, 0.1) is 0 Å². The number of carbonyl (C=O) groups excluding carboxylic acids is 2. The molecule has 0 aliphatic heterocycles. The van der Waals surface area contributed by atoms with Crippen molar-refractivity contribution in [2.75, 3.05) is 10.6 Å². The van der Waals surface area contributed by atoms with Crippen LogP contribution in [-0.4, -0.2) is 22.0 Å². The lowest BCUT2D eigenvalue weighted by atomic mass is 9.98. The number of carbonyl (C=O) groups is 2. The molecule has 2 amide bonds. The molecule has 0 saturated heterocycles. The normalized spacial score (nSPS) is 11.1. The van der Waals surface area contributed by atoms with Gasteiger partial charge in [0.25, 0.3) is 0 Å². The minimum Gasteiger partial charge on any atom is -0.326 e. The molecule has 1 aromatic heterocycles. The van der Waals surface area contributed by atoms with Crippen molar-refractivity contribution in [1.82, 2.24) is 10.2 Å². The lowest BCUT2D eigenvalue weighted by molar-refractivity contribution is -0.121. The van der Waals surface area contributed by atoms with Crippen LogP contribution in [0.25, 0.3) is 0 Å². The summed E-state index contributed by atoms with van der Waals surface area (Å²) < 4.78 is 0. The summed E-state index contributed by atoms with van der Waals surface area (Å²) in [5.74, 6) is -0.441. The molecule has 0 radical (unpaired) electrons. The lowest BCUT2D eigenvalue weighted by Gasteiger charge is -2.12. The maximum absolute atomic E-state index is 11.9. The average Bonchev–Trinajstić information content (AvgIpc) is 2.95. The van der Waals surface area contributed by atoms with Crippen molar-refractivity contribution in [3.8, 4) is 0 Å². The Labute approximate surface area is 139 Å². The van der Waals surface area contributed by atoms with Crippen LogP contribution < -0.4 is 10.6 Å². The Hall–Kier alpha value is -2.28. The van der Waals surface area contributed by atoms with Crippen molar-refractivity contribution in [2.45, 2.75) is 39.0 Å². The van der Waals surface area contributed by atoms with Crippen molar-refractivity contribution in [3.05, 3.63) is 35.3 Å². The smallest absolute Gasteiger partial charge is 0.226 e. The minimum absolute atomic E-state index is 0.100. The second kappa shape index (κ2) is 7.32. The van der Waals surface area contributed by atoms with Gasteiger partial charge in [0.1, 0.15) is 5.01 Å². The van der Waals surface area contributed by atoms with E-state index in [9.17, 15) is 9.59 Å². The molecule has 7 heteroatoms. The van der Waals surface area contributed by atoms with E-state index in [-0.39, 0.29) is 30.1 Å². The standard InChI is InChI=1S/C16H20N4O2S/c1-16(2,3)14-19-20-15(23-14)18-13(22)10-9-12(21)17-11-7-5-4-6-8-11/h4-8H,9-10H2,1-3H3,(H,17,21)(H,18,20,22). The van der Waals surface area contributed by atoms with Crippen molar-refractivity contribution in [2.24, 2.45) is 0 Å². The van der Waals surface area contributed by atoms with Gasteiger partial charge in [-0.05, 0) is 12.1 Å². The minimum atomic E-state index is -0.246. The molecular weight excluding hydrogens is 312 g/mol. The Morgan fingerprint density at radius 1 is 1.00 bits per heavy atom. The third-order valence-corrected chi connectivity index (χ3v) is 4.21. The highest BCUT2D eigenvalue weighted by Crippen LogP contribution is 2.27. The van der Waals surface area contributed by atoms with Gasteiger partial charge in [0.2, 0.25) is 16.9 Å². The van der Waals surface area contributed by atoms with E-state index in [1.807, 2.05) is 39.0 Å². The van der Waals surface area contributed by atoms with Gasteiger partial charge in [0.15, 0.2) is 0 Å². The Balaban J connectivity index is 1.79.